The number of benzene rings is 2. The number of nitrogens with zero attached hydrogens (tertiary/aromatic N) is 4. The van der Waals surface area contributed by atoms with Crippen LogP contribution in [0.5, 0.6) is 0 Å². The summed E-state index contributed by atoms with van der Waals surface area (Å²) in [7, 11) is 0. The van der Waals surface area contributed by atoms with Crippen molar-refractivity contribution >= 4 is 17.4 Å². The van der Waals surface area contributed by atoms with Gasteiger partial charge in [0.05, 0.1) is 5.69 Å². The molecule has 0 atom stereocenters. The lowest BCUT2D eigenvalue weighted by Crippen LogP contribution is -2.25. The van der Waals surface area contributed by atoms with Crippen LogP contribution in [0.3, 0.4) is 0 Å². The number of rotatable bonds is 4. The lowest BCUT2D eigenvalue weighted by Gasteiger charge is -2.09. The van der Waals surface area contributed by atoms with Gasteiger partial charge >= 0.3 is 0 Å². The average Bonchev–Trinajstić information content (AvgIpc) is 3.19. The highest BCUT2D eigenvalue weighted by atomic mass is 16.2. The summed E-state index contributed by atoms with van der Waals surface area (Å²) in [5.74, 6) is 0.0959. The van der Waals surface area contributed by atoms with E-state index in [9.17, 15) is 9.59 Å². The molecule has 31 heavy (non-hydrogen) atoms. The van der Waals surface area contributed by atoms with E-state index in [1.54, 1.807) is 24.3 Å². The van der Waals surface area contributed by atoms with E-state index < -0.39 is 5.91 Å². The van der Waals surface area contributed by atoms with Crippen LogP contribution in [0.25, 0.3) is 22.6 Å². The van der Waals surface area contributed by atoms with Crippen molar-refractivity contribution < 1.29 is 4.79 Å². The van der Waals surface area contributed by atoms with Gasteiger partial charge in [0, 0.05) is 17.8 Å². The Morgan fingerprint density at radius 1 is 0.806 bits per heavy atom. The molecule has 0 aliphatic heterocycles. The zero-order chi connectivity index (χ0) is 21.2. The molecule has 0 aliphatic carbocycles. The second kappa shape index (κ2) is 7.72. The third-order valence-electron chi connectivity index (χ3n) is 4.84. The second-order valence-corrected chi connectivity index (χ2v) is 6.86. The molecule has 1 N–H and O–H groups in total. The van der Waals surface area contributed by atoms with E-state index in [2.05, 4.69) is 15.4 Å². The maximum Gasteiger partial charge on any atom is 0.277 e. The molecule has 0 spiro atoms. The third-order valence-corrected chi connectivity index (χ3v) is 4.84. The van der Waals surface area contributed by atoms with Crippen molar-refractivity contribution in [2.45, 2.75) is 0 Å². The number of carbonyl (C=O) groups is 1. The molecule has 0 saturated carbocycles. The number of hydrogen-bond donors (Lipinski definition) is 1. The monoisotopic (exact) mass is 407 g/mol. The Morgan fingerprint density at radius 2 is 1.52 bits per heavy atom. The molecule has 7 nitrogen and oxygen atoms in total. The van der Waals surface area contributed by atoms with Gasteiger partial charge in [0.1, 0.15) is 22.9 Å². The summed E-state index contributed by atoms with van der Waals surface area (Å²) in [4.78, 5) is 30.1. The molecule has 150 valence electrons. The third kappa shape index (κ3) is 3.49. The van der Waals surface area contributed by atoms with Crippen LogP contribution in [0.15, 0.2) is 102 Å². The van der Waals surface area contributed by atoms with E-state index >= 15 is 0 Å². The van der Waals surface area contributed by atoms with Gasteiger partial charge in [-0.2, -0.15) is 9.78 Å². The minimum Gasteiger partial charge on any atom is -0.304 e. The highest BCUT2D eigenvalue weighted by molar-refractivity contribution is 6.04. The quantitative estimate of drug-likeness (QED) is 0.491. The number of aromatic nitrogens is 4. The first-order chi connectivity index (χ1) is 15.2. The number of fused-ring (bicyclic) bond motifs is 1. The fourth-order valence-corrected chi connectivity index (χ4v) is 3.37. The van der Waals surface area contributed by atoms with Crippen molar-refractivity contribution in [3.8, 4) is 16.9 Å². The summed E-state index contributed by atoms with van der Waals surface area (Å²) >= 11 is 0. The second-order valence-electron chi connectivity index (χ2n) is 6.86. The number of para-hydroxylation sites is 1. The van der Waals surface area contributed by atoms with E-state index in [-0.39, 0.29) is 11.3 Å². The van der Waals surface area contributed by atoms with Gasteiger partial charge < -0.3 is 5.32 Å². The molecule has 0 unspecified atom stereocenters. The number of amides is 1. The van der Waals surface area contributed by atoms with Crippen LogP contribution in [0.2, 0.25) is 0 Å². The standard InChI is InChI=1S/C24H17N5O2/c30-21-15-14-19(27-29(21)18-11-5-2-6-12-18)24(31)26-23-22(17-9-3-1-4-10-17)25-20-13-7-8-16-28(20)23/h1-16H,(H,26,31). The summed E-state index contributed by atoms with van der Waals surface area (Å²) < 4.78 is 3.02. The molecule has 0 saturated heterocycles. The first kappa shape index (κ1) is 18.5. The predicted octanol–water partition coefficient (Wildman–Crippen LogP) is 3.80. The van der Waals surface area contributed by atoms with Crippen LogP contribution < -0.4 is 10.9 Å². The van der Waals surface area contributed by atoms with E-state index in [1.807, 2.05) is 65.2 Å². The number of pyridine rings is 1. The highest BCUT2D eigenvalue weighted by Gasteiger charge is 2.18. The van der Waals surface area contributed by atoms with Crippen molar-refractivity contribution in [1.29, 1.82) is 0 Å². The highest BCUT2D eigenvalue weighted by Crippen LogP contribution is 2.28. The molecular formula is C24H17N5O2. The Labute approximate surface area is 177 Å². The van der Waals surface area contributed by atoms with Crippen molar-refractivity contribution in [1.82, 2.24) is 19.2 Å². The summed E-state index contributed by atoms with van der Waals surface area (Å²) in [5.41, 5.74) is 2.62. The van der Waals surface area contributed by atoms with Gasteiger partial charge in [0.2, 0.25) is 0 Å². The van der Waals surface area contributed by atoms with Crippen LogP contribution in [-0.4, -0.2) is 25.1 Å². The smallest absolute Gasteiger partial charge is 0.277 e. The SMILES string of the molecule is O=C(Nc1c(-c2ccccc2)nc2ccccn12)c1ccc(=O)n(-c2ccccc2)n1. The van der Waals surface area contributed by atoms with Crippen LogP contribution in [0.1, 0.15) is 10.5 Å². The number of hydrogen-bond acceptors (Lipinski definition) is 4. The maximum atomic E-state index is 13.1. The zero-order valence-electron chi connectivity index (χ0n) is 16.3. The summed E-state index contributed by atoms with van der Waals surface area (Å²) in [6.07, 6.45) is 1.84. The Kier molecular flexibility index (Phi) is 4.61. The molecule has 3 heterocycles. The maximum absolute atomic E-state index is 13.1. The molecular weight excluding hydrogens is 390 g/mol. The molecule has 0 radical (unpaired) electrons. The van der Waals surface area contributed by atoms with Gasteiger partial charge in [-0.15, -0.1) is 0 Å². The Balaban J connectivity index is 1.57. The molecule has 5 rings (SSSR count). The summed E-state index contributed by atoms with van der Waals surface area (Å²) in [5, 5.41) is 7.20. The molecule has 0 aliphatic rings. The minimum atomic E-state index is -0.437. The molecule has 0 fully saturated rings. The first-order valence-electron chi connectivity index (χ1n) is 9.70. The van der Waals surface area contributed by atoms with Gasteiger partial charge in [0.15, 0.2) is 0 Å². The predicted molar refractivity (Wildman–Crippen MR) is 118 cm³/mol. The minimum absolute atomic E-state index is 0.119. The fourth-order valence-electron chi connectivity index (χ4n) is 3.37. The van der Waals surface area contributed by atoms with E-state index in [0.717, 1.165) is 5.56 Å². The Morgan fingerprint density at radius 3 is 2.29 bits per heavy atom. The molecule has 3 aromatic heterocycles. The van der Waals surface area contributed by atoms with Crippen molar-refractivity contribution in [3.05, 3.63) is 113 Å². The topological polar surface area (TPSA) is 81.3 Å². The van der Waals surface area contributed by atoms with E-state index in [1.165, 1.54) is 16.8 Å². The first-order valence-corrected chi connectivity index (χ1v) is 9.70. The summed E-state index contributed by atoms with van der Waals surface area (Å²) in [6, 6.07) is 27.0. The number of carbonyl (C=O) groups excluding carboxylic acids is 1. The van der Waals surface area contributed by atoms with Gasteiger partial charge in [0.25, 0.3) is 11.5 Å². The van der Waals surface area contributed by atoms with Crippen LogP contribution in [-0.2, 0) is 0 Å². The van der Waals surface area contributed by atoms with Crippen LogP contribution in [0.4, 0.5) is 5.82 Å². The lowest BCUT2D eigenvalue weighted by atomic mass is 10.1. The van der Waals surface area contributed by atoms with Crippen molar-refractivity contribution in [2.24, 2.45) is 0 Å². The molecule has 1 amide bonds. The van der Waals surface area contributed by atoms with Crippen molar-refractivity contribution in [3.63, 3.8) is 0 Å². The number of nitrogens with one attached hydrogen (secondary N) is 1. The molecule has 7 heteroatoms. The molecule has 5 aromatic rings. The lowest BCUT2D eigenvalue weighted by molar-refractivity contribution is 0.102. The van der Waals surface area contributed by atoms with Crippen LogP contribution >= 0.6 is 0 Å². The largest absolute Gasteiger partial charge is 0.304 e. The van der Waals surface area contributed by atoms with Crippen molar-refractivity contribution in [2.75, 3.05) is 5.32 Å². The van der Waals surface area contributed by atoms with Gasteiger partial charge in [-0.25, -0.2) is 4.98 Å². The fraction of sp³-hybridized carbons (Fsp3) is 0. The Bertz CT molecular complexity index is 1440. The number of imidazole rings is 1. The van der Waals surface area contributed by atoms with Crippen LogP contribution in [0, 0.1) is 0 Å². The molecule has 0 bridgehead atoms. The molecule has 2 aromatic carbocycles. The zero-order valence-corrected chi connectivity index (χ0v) is 16.3. The normalized spacial score (nSPS) is 10.8. The summed E-state index contributed by atoms with van der Waals surface area (Å²) in [6.45, 7) is 0. The Hall–Kier alpha value is -4.52. The average molecular weight is 407 g/mol. The van der Waals surface area contributed by atoms with E-state index in [4.69, 9.17) is 0 Å². The van der Waals surface area contributed by atoms with E-state index in [0.29, 0.717) is 22.8 Å². The number of anilines is 1. The van der Waals surface area contributed by atoms with Gasteiger partial charge in [-0.1, -0.05) is 54.6 Å². The van der Waals surface area contributed by atoms with Gasteiger partial charge in [-0.3, -0.25) is 14.0 Å². The van der Waals surface area contributed by atoms with Gasteiger partial charge in [-0.05, 0) is 30.3 Å².